The molecule has 2 rings (SSSR count). The van der Waals surface area contributed by atoms with E-state index >= 15 is 0 Å². The Balaban J connectivity index is 1.91. The maximum atomic E-state index is 12.0. The van der Waals surface area contributed by atoms with Gasteiger partial charge in [0.25, 0.3) is 0 Å². The fraction of sp³-hybridized carbons (Fsp3) is 0.500. The van der Waals surface area contributed by atoms with E-state index in [-0.39, 0.29) is 17.0 Å². The number of nitrogens with one attached hydrogen (secondary N) is 1. The molecule has 1 aromatic carbocycles. The van der Waals surface area contributed by atoms with Gasteiger partial charge in [-0.05, 0) is 55.9 Å². The number of hydrogen-bond acceptors (Lipinski definition) is 4. The summed E-state index contributed by atoms with van der Waals surface area (Å²) in [6.45, 7) is 2.32. The molecule has 0 aliphatic heterocycles. The van der Waals surface area contributed by atoms with Gasteiger partial charge >= 0.3 is 5.97 Å². The van der Waals surface area contributed by atoms with E-state index in [0.717, 1.165) is 37.7 Å². The van der Waals surface area contributed by atoms with Crippen LogP contribution in [0.3, 0.4) is 0 Å². The topological polar surface area (TPSA) is 72.5 Å². The minimum absolute atomic E-state index is 0.0352. The fourth-order valence-corrected chi connectivity index (χ4v) is 3.76. The Morgan fingerprint density at radius 2 is 1.88 bits per heavy atom. The maximum absolute atomic E-state index is 12.0. The Morgan fingerprint density at radius 3 is 2.50 bits per heavy atom. The monoisotopic (exact) mass is 351 g/mol. The molecule has 0 aromatic heterocycles. The highest BCUT2D eigenvalue weighted by Gasteiger charge is 2.16. The molecule has 0 unspecified atom stereocenters. The van der Waals surface area contributed by atoms with Crippen LogP contribution < -0.4 is 4.72 Å². The third-order valence-electron chi connectivity index (χ3n) is 3.98. The lowest BCUT2D eigenvalue weighted by atomic mass is 9.98. The summed E-state index contributed by atoms with van der Waals surface area (Å²) in [5, 5.41) is 0. The van der Waals surface area contributed by atoms with E-state index in [4.69, 9.17) is 4.74 Å². The lowest BCUT2D eigenvalue weighted by Gasteiger charge is -2.20. The predicted octanol–water partition coefficient (Wildman–Crippen LogP) is 3.26. The van der Waals surface area contributed by atoms with Crippen molar-refractivity contribution < 1.29 is 17.9 Å². The Hall–Kier alpha value is -1.66. The van der Waals surface area contributed by atoms with Gasteiger partial charge < -0.3 is 4.74 Å². The molecule has 6 heteroatoms. The smallest absolute Gasteiger partial charge is 0.331 e. The minimum atomic E-state index is -3.46. The molecule has 0 saturated heterocycles. The fourth-order valence-electron chi connectivity index (χ4n) is 2.63. The molecular formula is C18H25NO4S. The van der Waals surface area contributed by atoms with Gasteiger partial charge in [-0.15, -0.1) is 0 Å². The molecular weight excluding hydrogens is 326 g/mol. The van der Waals surface area contributed by atoms with Gasteiger partial charge in [-0.1, -0.05) is 25.5 Å². The zero-order valence-electron chi connectivity index (χ0n) is 14.0. The predicted molar refractivity (Wildman–Crippen MR) is 93.9 cm³/mol. The molecule has 1 aliphatic carbocycles. The summed E-state index contributed by atoms with van der Waals surface area (Å²) in [6, 6.07) is 6.41. The van der Waals surface area contributed by atoms with Crippen LogP contribution >= 0.6 is 0 Å². The van der Waals surface area contributed by atoms with Crippen LogP contribution in [0.4, 0.5) is 0 Å². The largest absolute Gasteiger partial charge is 0.459 e. The average Bonchev–Trinajstić information content (AvgIpc) is 2.59. The van der Waals surface area contributed by atoms with E-state index in [1.54, 1.807) is 18.2 Å². The molecule has 1 aromatic rings. The number of hydrogen-bond donors (Lipinski definition) is 1. The highest BCUT2D eigenvalue weighted by atomic mass is 32.2. The number of esters is 1. The van der Waals surface area contributed by atoms with Crippen molar-refractivity contribution in [1.29, 1.82) is 0 Å². The summed E-state index contributed by atoms with van der Waals surface area (Å²) in [7, 11) is -3.46. The zero-order valence-corrected chi connectivity index (χ0v) is 14.8. The van der Waals surface area contributed by atoms with Crippen LogP contribution in [-0.4, -0.2) is 27.0 Å². The second-order valence-corrected chi connectivity index (χ2v) is 7.76. The molecule has 132 valence electrons. The van der Waals surface area contributed by atoms with E-state index in [9.17, 15) is 13.2 Å². The first-order valence-corrected chi connectivity index (χ1v) is 9.98. The summed E-state index contributed by atoms with van der Waals surface area (Å²) in [4.78, 5) is 12.0. The second kappa shape index (κ2) is 8.99. The van der Waals surface area contributed by atoms with Crippen molar-refractivity contribution in [3.63, 3.8) is 0 Å². The SMILES string of the molecule is CCCNS(=O)(=O)c1ccc(/C=C/C(=O)OC2CCCCC2)cc1. The first-order chi connectivity index (χ1) is 11.5. The molecule has 0 spiro atoms. The molecule has 5 nitrogen and oxygen atoms in total. The Kier molecular flexibility index (Phi) is 6.99. The van der Waals surface area contributed by atoms with Gasteiger partial charge in [0.2, 0.25) is 10.0 Å². The molecule has 1 saturated carbocycles. The van der Waals surface area contributed by atoms with E-state index < -0.39 is 10.0 Å². The van der Waals surface area contributed by atoms with Crippen molar-refractivity contribution in [2.24, 2.45) is 0 Å². The van der Waals surface area contributed by atoms with Crippen molar-refractivity contribution >= 4 is 22.1 Å². The summed E-state index contributed by atoms with van der Waals surface area (Å²) in [5.41, 5.74) is 0.755. The average molecular weight is 351 g/mol. The maximum Gasteiger partial charge on any atom is 0.331 e. The molecule has 24 heavy (non-hydrogen) atoms. The van der Waals surface area contributed by atoms with E-state index in [1.165, 1.54) is 24.6 Å². The summed E-state index contributed by atoms with van der Waals surface area (Å²) >= 11 is 0. The molecule has 1 aliphatic rings. The molecule has 0 bridgehead atoms. The van der Waals surface area contributed by atoms with Crippen molar-refractivity contribution in [3.8, 4) is 0 Å². The Bertz CT molecular complexity index is 659. The first kappa shape index (κ1) is 18.7. The standard InChI is InChI=1S/C18H25NO4S/c1-2-14-19-24(21,22)17-11-8-15(9-12-17)10-13-18(20)23-16-6-4-3-5-7-16/h8-13,16,19H,2-7,14H2,1H3/b13-10+. The van der Waals surface area contributed by atoms with Crippen LogP contribution in [0, 0.1) is 0 Å². The zero-order chi connectivity index (χ0) is 17.4. The van der Waals surface area contributed by atoms with Crippen LogP contribution in [0.5, 0.6) is 0 Å². The molecule has 0 amide bonds. The molecule has 0 radical (unpaired) electrons. The van der Waals surface area contributed by atoms with Gasteiger partial charge in [-0.25, -0.2) is 17.9 Å². The minimum Gasteiger partial charge on any atom is -0.459 e. The van der Waals surface area contributed by atoms with Crippen LogP contribution in [0.1, 0.15) is 51.0 Å². The van der Waals surface area contributed by atoms with Crippen LogP contribution in [0.2, 0.25) is 0 Å². The lowest BCUT2D eigenvalue weighted by Crippen LogP contribution is -2.24. The molecule has 0 heterocycles. The van der Waals surface area contributed by atoms with Gasteiger partial charge in [0.15, 0.2) is 0 Å². The normalized spacial score (nSPS) is 16.4. The van der Waals surface area contributed by atoms with Crippen LogP contribution in [0.15, 0.2) is 35.2 Å². The number of ether oxygens (including phenoxy) is 1. The van der Waals surface area contributed by atoms with Crippen LogP contribution in [-0.2, 0) is 19.6 Å². The van der Waals surface area contributed by atoms with Gasteiger partial charge in [0.1, 0.15) is 6.10 Å². The Labute approximate surface area is 144 Å². The van der Waals surface area contributed by atoms with E-state index in [0.29, 0.717) is 6.54 Å². The van der Waals surface area contributed by atoms with Crippen molar-refractivity contribution in [1.82, 2.24) is 4.72 Å². The molecule has 1 N–H and O–H groups in total. The third-order valence-corrected chi connectivity index (χ3v) is 5.46. The highest BCUT2D eigenvalue weighted by molar-refractivity contribution is 7.89. The van der Waals surface area contributed by atoms with Crippen LogP contribution in [0.25, 0.3) is 6.08 Å². The number of sulfonamides is 1. The third kappa shape index (κ3) is 5.76. The van der Waals surface area contributed by atoms with Gasteiger partial charge in [0, 0.05) is 12.6 Å². The molecule has 1 fully saturated rings. The number of benzene rings is 1. The van der Waals surface area contributed by atoms with Crippen molar-refractivity contribution in [2.75, 3.05) is 6.54 Å². The molecule has 0 atom stereocenters. The van der Waals surface area contributed by atoms with Gasteiger partial charge in [-0.3, -0.25) is 0 Å². The van der Waals surface area contributed by atoms with Crippen molar-refractivity contribution in [2.45, 2.75) is 56.4 Å². The second-order valence-electron chi connectivity index (χ2n) is 6.00. The van der Waals surface area contributed by atoms with E-state index in [2.05, 4.69) is 4.72 Å². The van der Waals surface area contributed by atoms with Gasteiger partial charge in [-0.2, -0.15) is 0 Å². The van der Waals surface area contributed by atoms with Gasteiger partial charge in [0.05, 0.1) is 4.90 Å². The first-order valence-electron chi connectivity index (χ1n) is 8.49. The van der Waals surface area contributed by atoms with Crippen molar-refractivity contribution in [3.05, 3.63) is 35.9 Å². The lowest BCUT2D eigenvalue weighted by molar-refractivity contribution is -0.144. The summed E-state index contributed by atoms with van der Waals surface area (Å²) < 4.78 is 31.9. The summed E-state index contributed by atoms with van der Waals surface area (Å²) in [5.74, 6) is -0.344. The summed E-state index contributed by atoms with van der Waals surface area (Å²) in [6.07, 6.45) is 9.14. The highest BCUT2D eigenvalue weighted by Crippen LogP contribution is 2.20. The Morgan fingerprint density at radius 1 is 1.21 bits per heavy atom. The number of carbonyl (C=O) groups excluding carboxylic acids is 1. The number of carbonyl (C=O) groups is 1. The van der Waals surface area contributed by atoms with E-state index in [1.807, 2.05) is 6.92 Å². The number of rotatable bonds is 7. The quantitative estimate of drug-likeness (QED) is 0.604.